The van der Waals surface area contributed by atoms with Gasteiger partial charge in [-0.05, 0) is 31.5 Å². The summed E-state index contributed by atoms with van der Waals surface area (Å²) in [6.07, 6.45) is 1.53. The molecule has 21 heavy (non-hydrogen) atoms. The standard InChI is InChI=1S/C15H17N3O3/c1-10-7-17-14(11(2)15(10)18(20)21)9-16-8-12-3-5-13(19)6-4-12/h3-7,16,19H,8-9H2,1-2H3. The largest absolute Gasteiger partial charge is 0.508 e. The summed E-state index contributed by atoms with van der Waals surface area (Å²) in [6.45, 7) is 4.46. The molecule has 0 bridgehead atoms. The van der Waals surface area contributed by atoms with E-state index in [1.807, 2.05) is 12.1 Å². The minimum Gasteiger partial charge on any atom is -0.508 e. The van der Waals surface area contributed by atoms with Crippen LogP contribution in [-0.4, -0.2) is 15.0 Å². The Labute approximate surface area is 122 Å². The van der Waals surface area contributed by atoms with E-state index in [1.54, 1.807) is 26.0 Å². The molecule has 1 aromatic carbocycles. The van der Waals surface area contributed by atoms with Gasteiger partial charge in [0.15, 0.2) is 0 Å². The number of aromatic hydroxyl groups is 1. The fourth-order valence-corrected chi connectivity index (χ4v) is 2.16. The lowest BCUT2D eigenvalue weighted by Gasteiger charge is -2.09. The lowest BCUT2D eigenvalue weighted by molar-refractivity contribution is -0.386. The number of hydrogen-bond acceptors (Lipinski definition) is 5. The first-order valence-electron chi connectivity index (χ1n) is 6.57. The lowest BCUT2D eigenvalue weighted by atomic mass is 10.1. The van der Waals surface area contributed by atoms with Crippen molar-refractivity contribution in [2.75, 3.05) is 0 Å². The van der Waals surface area contributed by atoms with Crippen molar-refractivity contribution in [3.05, 3.63) is 63.0 Å². The van der Waals surface area contributed by atoms with Crippen LogP contribution in [0, 0.1) is 24.0 Å². The van der Waals surface area contributed by atoms with Crippen LogP contribution in [0.15, 0.2) is 30.5 Å². The van der Waals surface area contributed by atoms with E-state index in [-0.39, 0.29) is 16.4 Å². The number of benzene rings is 1. The minimum atomic E-state index is -0.365. The Balaban J connectivity index is 2.05. The van der Waals surface area contributed by atoms with Gasteiger partial charge in [0.25, 0.3) is 5.69 Å². The third-order valence-corrected chi connectivity index (χ3v) is 3.32. The Morgan fingerprint density at radius 2 is 1.90 bits per heavy atom. The molecule has 2 N–H and O–H groups in total. The van der Waals surface area contributed by atoms with Crippen molar-refractivity contribution in [3.63, 3.8) is 0 Å². The molecule has 0 atom stereocenters. The van der Waals surface area contributed by atoms with E-state index in [1.165, 1.54) is 6.20 Å². The summed E-state index contributed by atoms with van der Waals surface area (Å²) >= 11 is 0. The van der Waals surface area contributed by atoms with Gasteiger partial charge >= 0.3 is 0 Å². The van der Waals surface area contributed by atoms with Gasteiger partial charge in [-0.3, -0.25) is 15.1 Å². The second-order valence-corrected chi connectivity index (χ2v) is 4.89. The maximum Gasteiger partial charge on any atom is 0.278 e. The third kappa shape index (κ3) is 3.55. The molecule has 0 aliphatic rings. The summed E-state index contributed by atoms with van der Waals surface area (Å²) in [5, 5.41) is 23.5. The SMILES string of the molecule is Cc1cnc(CNCc2ccc(O)cc2)c(C)c1[N+](=O)[O-]. The Morgan fingerprint density at radius 1 is 1.24 bits per heavy atom. The van der Waals surface area contributed by atoms with E-state index in [2.05, 4.69) is 10.3 Å². The average Bonchev–Trinajstić information content (AvgIpc) is 2.43. The maximum atomic E-state index is 11.1. The van der Waals surface area contributed by atoms with Gasteiger partial charge in [0, 0.05) is 30.4 Å². The molecule has 2 aromatic rings. The minimum absolute atomic E-state index is 0.131. The number of phenolic OH excluding ortho intramolecular Hbond substituents is 1. The quantitative estimate of drug-likeness (QED) is 0.652. The number of nitrogens with zero attached hydrogens (tertiary/aromatic N) is 2. The molecule has 0 saturated carbocycles. The number of nitro groups is 1. The molecule has 0 aliphatic carbocycles. The predicted molar refractivity (Wildman–Crippen MR) is 79.0 cm³/mol. The smallest absolute Gasteiger partial charge is 0.278 e. The van der Waals surface area contributed by atoms with Crippen molar-refractivity contribution >= 4 is 5.69 Å². The zero-order valence-electron chi connectivity index (χ0n) is 12.0. The van der Waals surface area contributed by atoms with Crippen LogP contribution in [0.2, 0.25) is 0 Å². The monoisotopic (exact) mass is 287 g/mol. The Morgan fingerprint density at radius 3 is 2.52 bits per heavy atom. The summed E-state index contributed by atoms with van der Waals surface area (Å²) in [5.74, 6) is 0.227. The molecule has 0 spiro atoms. The van der Waals surface area contributed by atoms with Gasteiger partial charge in [-0.15, -0.1) is 0 Å². The number of aryl methyl sites for hydroxylation is 1. The first kappa shape index (κ1) is 14.9. The second kappa shape index (κ2) is 6.32. The summed E-state index contributed by atoms with van der Waals surface area (Å²) in [4.78, 5) is 14.9. The van der Waals surface area contributed by atoms with E-state index in [9.17, 15) is 15.2 Å². The summed E-state index contributed by atoms with van der Waals surface area (Å²) < 4.78 is 0. The predicted octanol–water partition coefficient (Wildman–Crippen LogP) is 2.60. The molecular weight excluding hydrogens is 270 g/mol. The van der Waals surface area contributed by atoms with Crippen molar-refractivity contribution in [1.82, 2.24) is 10.3 Å². The summed E-state index contributed by atoms with van der Waals surface area (Å²) in [7, 11) is 0. The van der Waals surface area contributed by atoms with Crippen molar-refractivity contribution in [1.29, 1.82) is 0 Å². The molecule has 6 nitrogen and oxygen atoms in total. The normalized spacial score (nSPS) is 10.6. The van der Waals surface area contributed by atoms with Crippen LogP contribution in [0.5, 0.6) is 5.75 Å². The fourth-order valence-electron chi connectivity index (χ4n) is 2.16. The first-order valence-corrected chi connectivity index (χ1v) is 6.57. The Kier molecular flexibility index (Phi) is 4.49. The molecule has 1 heterocycles. The summed E-state index contributed by atoms with van der Waals surface area (Å²) in [5.41, 5.74) is 2.99. The van der Waals surface area contributed by atoms with Gasteiger partial charge in [-0.1, -0.05) is 12.1 Å². The molecule has 0 aliphatic heterocycles. The van der Waals surface area contributed by atoms with E-state index >= 15 is 0 Å². The van der Waals surface area contributed by atoms with E-state index < -0.39 is 0 Å². The van der Waals surface area contributed by atoms with E-state index in [0.717, 1.165) is 5.56 Å². The van der Waals surface area contributed by atoms with Gasteiger partial charge in [-0.2, -0.15) is 0 Å². The topological polar surface area (TPSA) is 88.3 Å². The highest BCUT2D eigenvalue weighted by Gasteiger charge is 2.18. The van der Waals surface area contributed by atoms with Crippen LogP contribution in [0.4, 0.5) is 5.69 Å². The number of aromatic nitrogens is 1. The van der Waals surface area contributed by atoms with Gasteiger partial charge in [0.05, 0.1) is 10.6 Å². The van der Waals surface area contributed by atoms with Gasteiger partial charge in [-0.25, -0.2) is 0 Å². The van der Waals surface area contributed by atoms with Crippen molar-refractivity contribution in [2.24, 2.45) is 0 Å². The van der Waals surface area contributed by atoms with Gasteiger partial charge in [0.1, 0.15) is 5.75 Å². The third-order valence-electron chi connectivity index (χ3n) is 3.32. The molecule has 0 unspecified atom stereocenters. The van der Waals surface area contributed by atoms with Crippen molar-refractivity contribution < 1.29 is 10.0 Å². The number of pyridine rings is 1. The molecule has 6 heteroatoms. The molecule has 0 radical (unpaired) electrons. The molecule has 110 valence electrons. The van der Waals surface area contributed by atoms with Crippen LogP contribution in [0.25, 0.3) is 0 Å². The highest BCUT2D eigenvalue weighted by molar-refractivity contribution is 5.47. The average molecular weight is 287 g/mol. The Hall–Kier alpha value is -2.47. The maximum absolute atomic E-state index is 11.1. The molecular formula is C15H17N3O3. The van der Waals surface area contributed by atoms with Crippen LogP contribution >= 0.6 is 0 Å². The summed E-state index contributed by atoms with van der Waals surface area (Å²) in [6, 6.07) is 6.88. The van der Waals surface area contributed by atoms with Crippen molar-refractivity contribution in [3.8, 4) is 5.75 Å². The number of phenols is 1. The molecule has 1 aromatic heterocycles. The highest BCUT2D eigenvalue weighted by atomic mass is 16.6. The number of hydrogen-bond donors (Lipinski definition) is 2. The van der Waals surface area contributed by atoms with Crippen LogP contribution in [-0.2, 0) is 13.1 Å². The zero-order chi connectivity index (χ0) is 15.4. The fraction of sp³-hybridized carbons (Fsp3) is 0.267. The van der Waals surface area contributed by atoms with Crippen LogP contribution in [0.3, 0.4) is 0 Å². The van der Waals surface area contributed by atoms with Crippen molar-refractivity contribution in [2.45, 2.75) is 26.9 Å². The molecule has 0 amide bonds. The lowest BCUT2D eigenvalue weighted by Crippen LogP contribution is -2.15. The number of nitrogens with one attached hydrogen (secondary N) is 1. The van der Waals surface area contributed by atoms with Crippen LogP contribution < -0.4 is 5.32 Å². The first-order chi connectivity index (χ1) is 9.99. The highest BCUT2D eigenvalue weighted by Crippen LogP contribution is 2.23. The zero-order valence-corrected chi connectivity index (χ0v) is 12.0. The molecule has 0 saturated heterocycles. The number of rotatable bonds is 5. The second-order valence-electron chi connectivity index (χ2n) is 4.89. The van der Waals surface area contributed by atoms with E-state index in [4.69, 9.17) is 0 Å². The molecule has 0 fully saturated rings. The van der Waals surface area contributed by atoms with Gasteiger partial charge in [0.2, 0.25) is 0 Å². The van der Waals surface area contributed by atoms with E-state index in [0.29, 0.717) is 29.9 Å². The van der Waals surface area contributed by atoms with Gasteiger partial charge < -0.3 is 10.4 Å². The molecule has 2 rings (SSSR count). The van der Waals surface area contributed by atoms with Crippen LogP contribution in [0.1, 0.15) is 22.4 Å². The Bertz CT molecular complexity index is 654.